The van der Waals surface area contributed by atoms with E-state index in [1.54, 1.807) is 16.2 Å². The number of carbonyl (C=O) groups excluding carboxylic acids is 1. The summed E-state index contributed by atoms with van der Waals surface area (Å²) < 4.78 is 1.20. The highest BCUT2D eigenvalue weighted by atomic mass is 32.1. The van der Waals surface area contributed by atoms with Gasteiger partial charge in [-0.25, -0.2) is 4.98 Å². The van der Waals surface area contributed by atoms with Crippen LogP contribution in [-0.4, -0.2) is 42.0 Å². The first-order valence-electron chi connectivity index (χ1n) is 10.7. The van der Waals surface area contributed by atoms with Crippen molar-refractivity contribution in [1.82, 2.24) is 9.88 Å². The van der Waals surface area contributed by atoms with E-state index in [2.05, 4.69) is 53.5 Å². The van der Waals surface area contributed by atoms with Crippen LogP contribution in [0.3, 0.4) is 0 Å². The summed E-state index contributed by atoms with van der Waals surface area (Å²) in [5.41, 5.74) is 2.44. The van der Waals surface area contributed by atoms with E-state index in [-0.39, 0.29) is 5.91 Å². The van der Waals surface area contributed by atoms with Gasteiger partial charge in [0, 0.05) is 18.4 Å². The van der Waals surface area contributed by atoms with Gasteiger partial charge in [-0.1, -0.05) is 54.6 Å². The molecule has 1 amide bonds. The SMILES string of the molecule is O=C(CCc1nc2ccccc2s1)N1CC[NH+](Cc2cccc3ccccc23)CC1. The van der Waals surface area contributed by atoms with Crippen LogP contribution < -0.4 is 4.90 Å². The number of fused-ring (bicyclic) bond motifs is 2. The van der Waals surface area contributed by atoms with E-state index in [0.717, 1.165) is 49.7 Å². The predicted molar refractivity (Wildman–Crippen MR) is 123 cm³/mol. The second-order valence-corrected chi connectivity index (χ2v) is 9.14. The molecule has 5 rings (SSSR count). The van der Waals surface area contributed by atoms with Crippen LogP contribution in [0.25, 0.3) is 21.0 Å². The number of piperazine rings is 1. The zero-order valence-corrected chi connectivity index (χ0v) is 17.8. The van der Waals surface area contributed by atoms with Crippen molar-refractivity contribution in [2.75, 3.05) is 26.2 Å². The maximum atomic E-state index is 12.7. The van der Waals surface area contributed by atoms with Crippen molar-refractivity contribution < 1.29 is 9.69 Å². The second-order valence-electron chi connectivity index (χ2n) is 8.02. The van der Waals surface area contributed by atoms with Crippen molar-refractivity contribution in [3.05, 3.63) is 77.3 Å². The highest BCUT2D eigenvalue weighted by Gasteiger charge is 2.24. The number of nitrogens with zero attached hydrogens (tertiary/aromatic N) is 2. The van der Waals surface area contributed by atoms with Gasteiger partial charge in [-0.3, -0.25) is 4.79 Å². The van der Waals surface area contributed by atoms with Gasteiger partial charge in [0.25, 0.3) is 0 Å². The Kier molecular flexibility index (Phi) is 5.47. The topological polar surface area (TPSA) is 37.6 Å². The largest absolute Gasteiger partial charge is 0.331 e. The van der Waals surface area contributed by atoms with E-state index in [9.17, 15) is 4.79 Å². The lowest BCUT2D eigenvalue weighted by Crippen LogP contribution is -3.13. The van der Waals surface area contributed by atoms with Crippen molar-refractivity contribution in [2.45, 2.75) is 19.4 Å². The van der Waals surface area contributed by atoms with Crippen LogP contribution in [0, 0.1) is 0 Å². The number of amides is 1. The van der Waals surface area contributed by atoms with Gasteiger partial charge in [-0.15, -0.1) is 11.3 Å². The summed E-state index contributed by atoms with van der Waals surface area (Å²) in [6.07, 6.45) is 1.29. The van der Waals surface area contributed by atoms with Gasteiger partial charge >= 0.3 is 0 Å². The van der Waals surface area contributed by atoms with Crippen LogP contribution >= 0.6 is 11.3 Å². The Balaban J connectivity index is 1.15. The van der Waals surface area contributed by atoms with E-state index < -0.39 is 0 Å². The Labute approximate surface area is 180 Å². The molecule has 30 heavy (non-hydrogen) atoms. The summed E-state index contributed by atoms with van der Waals surface area (Å²) in [5.74, 6) is 0.262. The molecular formula is C25H26N3OS+. The summed E-state index contributed by atoms with van der Waals surface area (Å²) in [6.45, 7) is 4.73. The predicted octanol–water partition coefficient (Wildman–Crippen LogP) is 3.31. The smallest absolute Gasteiger partial charge is 0.223 e. The average molecular weight is 417 g/mol. The fourth-order valence-corrected chi connectivity index (χ4v) is 5.33. The first kappa shape index (κ1) is 19.2. The summed E-state index contributed by atoms with van der Waals surface area (Å²) in [7, 11) is 0. The van der Waals surface area contributed by atoms with Gasteiger partial charge in [0.15, 0.2) is 0 Å². The summed E-state index contributed by atoms with van der Waals surface area (Å²) >= 11 is 1.70. The molecule has 0 spiro atoms. The first-order valence-corrected chi connectivity index (χ1v) is 11.5. The third-order valence-electron chi connectivity index (χ3n) is 6.03. The van der Waals surface area contributed by atoms with E-state index in [4.69, 9.17) is 0 Å². The highest BCUT2D eigenvalue weighted by molar-refractivity contribution is 7.18. The Morgan fingerprint density at radius 1 is 0.967 bits per heavy atom. The van der Waals surface area contributed by atoms with Gasteiger partial charge in [-0.05, 0) is 22.9 Å². The van der Waals surface area contributed by atoms with E-state index in [1.165, 1.54) is 21.0 Å². The molecule has 0 radical (unpaired) electrons. The number of quaternary nitrogens is 1. The average Bonchev–Trinajstić information content (AvgIpc) is 3.21. The van der Waals surface area contributed by atoms with Crippen LogP contribution in [0.15, 0.2) is 66.7 Å². The molecule has 0 atom stereocenters. The summed E-state index contributed by atoms with van der Waals surface area (Å²) in [6, 6.07) is 23.3. The normalized spacial score (nSPS) is 15.1. The minimum atomic E-state index is 0.262. The van der Waals surface area contributed by atoms with Gasteiger partial charge in [-0.2, -0.15) is 0 Å². The van der Waals surface area contributed by atoms with Crippen molar-refractivity contribution in [3.63, 3.8) is 0 Å². The lowest BCUT2D eigenvalue weighted by molar-refractivity contribution is -0.917. The van der Waals surface area contributed by atoms with Crippen molar-refractivity contribution in [1.29, 1.82) is 0 Å². The Hall–Kier alpha value is -2.76. The van der Waals surface area contributed by atoms with E-state index >= 15 is 0 Å². The molecule has 1 aliphatic heterocycles. The molecule has 152 valence electrons. The van der Waals surface area contributed by atoms with Crippen LogP contribution in [0.5, 0.6) is 0 Å². The van der Waals surface area contributed by atoms with Gasteiger partial charge in [0.05, 0.1) is 41.4 Å². The van der Waals surface area contributed by atoms with Crippen molar-refractivity contribution >= 4 is 38.2 Å². The number of aryl methyl sites for hydroxylation is 1. The molecule has 4 nitrogen and oxygen atoms in total. The molecule has 0 bridgehead atoms. The number of hydrogen-bond donors (Lipinski definition) is 1. The number of nitrogens with one attached hydrogen (secondary N) is 1. The number of thiazole rings is 1. The maximum Gasteiger partial charge on any atom is 0.223 e. The lowest BCUT2D eigenvalue weighted by Gasteiger charge is -2.32. The van der Waals surface area contributed by atoms with Crippen molar-refractivity contribution in [3.8, 4) is 0 Å². The molecule has 3 aromatic carbocycles. The fourth-order valence-electron chi connectivity index (χ4n) is 4.36. The zero-order valence-electron chi connectivity index (χ0n) is 17.0. The number of aromatic nitrogens is 1. The zero-order chi connectivity index (χ0) is 20.3. The molecule has 0 saturated carbocycles. The van der Waals surface area contributed by atoms with E-state index in [1.807, 2.05) is 23.1 Å². The number of rotatable bonds is 5. The molecule has 0 unspecified atom stereocenters. The van der Waals surface area contributed by atoms with Crippen LogP contribution in [0.1, 0.15) is 17.0 Å². The molecule has 1 N–H and O–H groups in total. The standard InChI is InChI=1S/C25H25N3OS/c29-25(13-12-24-26-22-10-3-4-11-23(22)30-24)28-16-14-27(15-17-28)18-20-8-5-7-19-6-1-2-9-21(19)20/h1-11H,12-18H2/p+1. The molecule has 0 aliphatic carbocycles. The molecule has 1 fully saturated rings. The van der Waals surface area contributed by atoms with Gasteiger partial charge in [0.1, 0.15) is 6.54 Å². The molecule has 1 aliphatic rings. The van der Waals surface area contributed by atoms with Crippen LogP contribution in [0.2, 0.25) is 0 Å². The first-order chi connectivity index (χ1) is 14.8. The Morgan fingerprint density at radius 3 is 2.60 bits per heavy atom. The van der Waals surface area contributed by atoms with E-state index in [0.29, 0.717) is 6.42 Å². The summed E-state index contributed by atoms with van der Waals surface area (Å²) in [5, 5.41) is 3.71. The van der Waals surface area contributed by atoms with Gasteiger partial charge < -0.3 is 9.80 Å². The molecule has 1 saturated heterocycles. The Bertz CT molecular complexity index is 1140. The molecule has 2 heterocycles. The number of carbonyl (C=O) groups is 1. The number of hydrogen-bond acceptors (Lipinski definition) is 3. The quantitative estimate of drug-likeness (QED) is 0.542. The van der Waals surface area contributed by atoms with Crippen LogP contribution in [-0.2, 0) is 17.8 Å². The third kappa shape index (κ3) is 4.09. The second kappa shape index (κ2) is 8.54. The molecule has 4 aromatic rings. The molecule has 1 aromatic heterocycles. The summed E-state index contributed by atoms with van der Waals surface area (Å²) in [4.78, 5) is 21.0. The maximum absolute atomic E-state index is 12.7. The van der Waals surface area contributed by atoms with Gasteiger partial charge in [0.2, 0.25) is 5.91 Å². The third-order valence-corrected chi connectivity index (χ3v) is 7.13. The number of para-hydroxylation sites is 1. The minimum absolute atomic E-state index is 0.262. The number of benzene rings is 3. The minimum Gasteiger partial charge on any atom is -0.331 e. The Morgan fingerprint density at radius 2 is 1.73 bits per heavy atom. The fraction of sp³-hybridized carbons (Fsp3) is 0.280. The highest BCUT2D eigenvalue weighted by Crippen LogP contribution is 2.22. The molecule has 5 heteroatoms. The molecular weight excluding hydrogens is 390 g/mol. The van der Waals surface area contributed by atoms with Crippen LogP contribution in [0.4, 0.5) is 0 Å². The van der Waals surface area contributed by atoms with Crippen molar-refractivity contribution in [2.24, 2.45) is 0 Å². The lowest BCUT2D eigenvalue weighted by atomic mass is 10.0. The monoisotopic (exact) mass is 416 g/mol.